The molecule has 1 heterocycles. The van der Waals surface area contributed by atoms with Crippen molar-refractivity contribution in [3.8, 4) is 6.07 Å². The summed E-state index contributed by atoms with van der Waals surface area (Å²) >= 11 is 0. The van der Waals surface area contributed by atoms with E-state index in [1.54, 1.807) is 0 Å². The van der Waals surface area contributed by atoms with E-state index in [2.05, 4.69) is 15.8 Å². The van der Waals surface area contributed by atoms with Crippen LogP contribution in [-0.2, 0) is 0 Å². The monoisotopic (exact) mass is 96.0 g/mol. The molecular formula is C3H4N4. The molecule has 1 aliphatic rings. The number of nitriles is 1. The molecule has 1 aliphatic heterocycles. The molecule has 0 aliphatic carbocycles. The summed E-state index contributed by atoms with van der Waals surface area (Å²) in [5, 5.41) is 15.0. The van der Waals surface area contributed by atoms with Crippen LogP contribution >= 0.6 is 0 Å². The molecule has 0 aromatic carbocycles. The van der Waals surface area contributed by atoms with Gasteiger partial charge in [-0.05, 0) is 0 Å². The largest absolute Gasteiger partial charge is 0.273 e. The molecular weight excluding hydrogens is 92.1 g/mol. The maximum absolute atomic E-state index is 8.13. The van der Waals surface area contributed by atoms with Crippen LogP contribution in [0.5, 0.6) is 0 Å². The number of nitrogens with zero attached hydrogens (tertiary/aromatic N) is 3. The van der Waals surface area contributed by atoms with Crippen molar-refractivity contribution in [3.63, 3.8) is 0 Å². The predicted octanol–water partition coefficient (Wildman–Crippen LogP) is -0.151. The van der Waals surface area contributed by atoms with Crippen molar-refractivity contribution in [1.82, 2.24) is 5.43 Å². The fraction of sp³-hybridized carbons (Fsp3) is 0.667. The van der Waals surface area contributed by atoms with Crippen molar-refractivity contribution < 1.29 is 0 Å². The summed E-state index contributed by atoms with van der Waals surface area (Å²) in [5.41, 5.74) is 2.50. The Balaban J connectivity index is 2.39. The fourth-order valence-electron chi connectivity index (χ4n) is 0.344. The lowest BCUT2D eigenvalue weighted by molar-refractivity contribution is 0.725. The molecule has 0 aromatic rings. The summed E-state index contributed by atoms with van der Waals surface area (Å²) in [6.07, 6.45) is 0. The minimum atomic E-state index is -0.181. The van der Waals surface area contributed by atoms with Crippen LogP contribution in [0.1, 0.15) is 0 Å². The molecule has 1 unspecified atom stereocenters. The van der Waals surface area contributed by atoms with Crippen LogP contribution < -0.4 is 5.43 Å². The van der Waals surface area contributed by atoms with Crippen molar-refractivity contribution in [2.75, 3.05) is 6.54 Å². The molecule has 7 heavy (non-hydrogen) atoms. The topological polar surface area (TPSA) is 60.5 Å². The molecule has 0 spiro atoms. The lowest BCUT2D eigenvalue weighted by Gasteiger charge is -1.88. The zero-order valence-corrected chi connectivity index (χ0v) is 3.63. The quantitative estimate of drug-likeness (QED) is 0.455. The average Bonchev–Trinajstić information content (AvgIpc) is 2.14. The number of rotatable bonds is 0. The van der Waals surface area contributed by atoms with E-state index in [1.165, 1.54) is 0 Å². The molecule has 0 amide bonds. The molecule has 0 fully saturated rings. The lowest BCUT2D eigenvalue weighted by atomic mass is 10.4. The molecule has 1 rings (SSSR count). The summed E-state index contributed by atoms with van der Waals surface area (Å²) in [4.78, 5) is 0. The smallest absolute Gasteiger partial charge is 0.153 e. The second-order valence-electron chi connectivity index (χ2n) is 1.23. The SMILES string of the molecule is N#CC1CN=NN1. The Morgan fingerprint density at radius 2 is 2.71 bits per heavy atom. The maximum atomic E-state index is 8.13. The molecule has 0 aromatic heterocycles. The van der Waals surface area contributed by atoms with E-state index >= 15 is 0 Å². The number of nitrogens with one attached hydrogen (secondary N) is 1. The summed E-state index contributed by atoms with van der Waals surface area (Å²) < 4.78 is 0. The highest BCUT2D eigenvalue weighted by Crippen LogP contribution is 1.90. The van der Waals surface area contributed by atoms with E-state index in [9.17, 15) is 0 Å². The molecule has 4 nitrogen and oxygen atoms in total. The average molecular weight is 96.1 g/mol. The van der Waals surface area contributed by atoms with Gasteiger partial charge < -0.3 is 0 Å². The summed E-state index contributed by atoms with van der Waals surface area (Å²) in [7, 11) is 0. The van der Waals surface area contributed by atoms with Gasteiger partial charge in [0.15, 0.2) is 6.04 Å². The Hall–Kier alpha value is -1.11. The molecule has 0 saturated heterocycles. The van der Waals surface area contributed by atoms with Crippen molar-refractivity contribution in [2.45, 2.75) is 6.04 Å². The highest BCUT2D eigenvalue weighted by Gasteiger charge is 2.07. The van der Waals surface area contributed by atoms with Crippen molar-refractivity contribution >= 4 is 0 Å². The van der Waals surface area contributed by atoms with E-state index in [-0.39, 0.29) is 6.04 Å². The Kier molecular flexibility index (Phi) is 0.904. The number of hydrogen-bond acceptors (Lipinski definition) is 4. The van der Waals surface area contributed by atoms with E-state index in [4.69, 9.17) is 5.26 Å². The predicted molar refractivity (Wildman–Crippen MR) is 22.3 cm³/mol. The zero-order chi connectivity index (χ0) is 5.11. The van der Waals surface area contributed by atoms with Crippen LogP contribution in [0.25, 0.3) is 0 Å². The molecule has 4 heteroatoms. The first kappa shape index (κ1) is 4.06. The fourth-order valence-corrected chi connectivity index (χ4v) is 0.344. The molecule has 36 valence electrons. The third-order valence-electron chi connectivity index (χ3n) is 0.704. The standard InChI is InChI=1S/C3H4N4/c4-1-3-2-5-7-6-3/h3H,2H2,(H,5,6). The maximum Gasteiger partial charge on any atom is 0.153 e. The van der Waals surface area contributed by atoms with E-state index < -0.39 is 0 Å². The Morgan fingerprint density at radius 3 is 3.00 bits per heavy atom. The van der Waals surface area contributed by atoms with Gasteiger partial charge in [-0.25, -0.2) is 0 Å². The highest BCUT2D eigenvalue weighted by atomic mass is 15.5. The summed E-state index contributed by atoms with van der Waals surface area (Å²) in [5.74, 6) is 0. The van der Waals surface area contributed by atoms with Gasteiger partial charge in [-0.3, -0.25) is 5.43 Å². The Morgan fingerprint density at radius 1 is 1.86 bits per heavy atom. The van der Waals surface area contributed by atoms with Crippen molar-refractivity contribution in [1.29, 1.82) is 5.26 Å². The third kappa shape index (κ3) is 0.656. The van der Waals surface area contributed by atoms with E-state index in [0.29, 0.717) is 6.54 Å². The first-order valence-corrected chi connectivity index (χ1v) is 1.95. The Labute approximate surface area is 40.8 Å². The third-order valence-corrected chi connectivity index (χ3v) is 0.704. The van der Waals surface area contributed by atoms with Gasteiger partial charge in [0.25, 0.3) is 0 Å². The van der Waals surface area contributed by atoms with Gasteiger partial charge in [0.2, 0.25) is 0 Å². The zero-order valence-electron chi connectivity index (χ0n) is 3.63. The second kappa shape index (κ2) is 1.56. The van der Waals surface area contributed by atoms with Crippen molar-refractivity contribution in [2.24, 2.45) is 10.3 Å². The second-order valence-corrected chi connectivity index (χ2v) is 1.23. The van der Waals surface area contributed by atoms with Crippen LogP contribution in [0.3, 0.4) is 0 Å². The normalized spacial score (nSPS) is 26.4. The Bertz CT molecular complexity index is 113. The highest BCUT2D eigenvalue weighted by molar-refractivity contribution is 4.91. The van der Waals surface area contributed by atoms with Gasteiger partial charge in [0, 0.05) is 0 Å². The minimum Gasteiger partial charge on any atom is -0.273 e. The van der Waals surface area contributed by atoms with Crippen LogP contribution in [0, 0.1) is 11.3 Å². The molecule has 1 atom stereocenters. The van der Waals surface area contributed by atoms with Crippen LogP contribution in [-0.4, -0.2) is 12.6 Å². The van der Waals surface area contributed by atoms with Gasteiger partial charge in [-0.15, -0.1) is 0 Å². The first-order chi connectivity index (χ1) is 3.43. The molecule has 1 N–H and O–H groups in total. The van der Waals surface area contributed by atoms with Crippen LogP contribution in [0.2, 0.25) is 0 Å². The first-order valence-electron chi connectivity index (χ1n) is 1.95. The van der Waals surface area contributed by atoms with Gasteiger partial charge >= 0.3 is 0 Å². The van der Waals surface area contributed by atoms with Crippen molar-refractivity contribution in [3.05, 3.63) is 0 Å². The van der Waals surface area contributed by atoms with Gasteiger partial charge in [-0.2, -0.15) is 10.4 Å². The van der Waals surface area contributed by atoms with E-state index in [0.717, 1.165) is 0 Å². The number of hydrogen-bond donors (Lipinski definition) is 1. The summed E-state index contributed by atoms with van der Waals surface area (Å²) in [6.45, 7) is 0.497. The van der Waals surface area contributed by atoms with Crippen LogP contribution in [0.15, 0.2) is 10.3 Å². The van der Waals surface area contributed by atoms with Gasteiger partial charge in [0.1, 0.15) is 0 Å². The minimum absolute atomic E-state index is 0.181. The molecule has 0 radical (unpaired) electrons. The molecule has 0 saturated carbocycles. The summed E-state index contributed by atoms with van der Waals surface area (Å²) in [6, 6.07) is 1.78. The van der Waals surface area contributed by atoms with E-state index in [1.807, 2.05) is 6.07 Å². The van der Waals surface area contributed by atoms with Gasteiger partial charge in [0.05, 0.1) is 12.6 Å². The molecule has 0 bridgehead atoms. The van der Waals surface area contributed by atoms with Gasteiger partial charge in [-0.1, -0.05) is 5.22 Å². The lowest BCUT2D eigenvalue weighted by Crippen LogP contribution is -2.18. The van der Waals surface area contributed by atoms with Crippen LogP contribution in [0.4, 0.5) is 0 Å².